The minimum atomic E-state index is 0.347. The molecule has 0 bridgehead atoms. The first-order chi connectivity index (χ1) is 10.2. The van der Waals surface area contributed by atoms with Gasteiger partial charge in [0, 0.05) is 43.4 Å². The van der Waals surface area contributed by atoms with Crippen molar-refractivity contribution >= 4 is 5.91 Å². The molecular weight excluding hydrogens is 262 g/mol. The van der Waals surface area contributed by atoms with Crippen molar-refractivity contribution in [1.29, 1.82) is 0 Å². The summed E-state index contributed by atoms with van der Waals surface area (Å²) in [5.41, 5.74) is 1.30. The molecule has 4 nitrogen and oxygen atoms in total. The van der Waals surface area contributed by atoms with Gasteiger partial charge in [0.05, 0.1) is 0 Å². The Morgan fingerprint density at radius 2 is 2.10 bits per heavy atom. The molecule has 2 aliphatic carbocycles. The van der Waals surface area contributed by atoms with Gasteiger partial charge in [-0.1, -0.05) is 6.42 Å². The van der Waals surface area contributed by atoms with Gasteiger partial charge in [-0.2, -0.15) is 0 Å². The lowest BCUT2D eigenvalue weighted by Crippen LogP contribution is -2.37. The number of imidazole rings is 1. The number of aromatic nitrogens is 2. The van der Waals surface area contributed by atoms with E-state index in [1.807, 2.05) is 6.20 Å². The highest BCUT2D eigenvalue weighted by molar-refractivity contribution is 5.79. The van der Waals surface area contributed by atoms with Crippen LogP contribution in [0.1, 0.15) is 56.1 Å². The molecule has 4 heteroatoms. The highest BCUT2D eigenvalue weighted by Gasteiger charge is 2.35. The molecule has 1 saturated heterocycles. The molecule has 114 valence electrons. The van der Waals surface area contributed by atoms with Gasteiger partial charge in [0.15, 0.2) is 0 Å². The SMILES string of the molecule is Cc1cnc(CC2CCN(C(=O)C3CCC3)C2)n1C1CC1. The van der Waals surface area contributed by atoms with Crippen molar-refractivity contribution in [1.82, 2.24) is 14.5 Å². The Kier molecular flexibility index (Phi) is 3.27. The van der Waals surface area contributed by atoms with Crippen LogP contribution >= 0.6 is 0 Å². The van der Waals surface area contributed by atoms with Crippen molar-refractivity contribution in [3.8, 4) is 0 Å². The van der Waals surface area contributed by atoms with E-state index in [1.165, 1.54) is 30.8 Å². The number of hydrogen-bond acceptors (Lipinski definition) is 2. The third-order valence-electron chi connectivity index (χ3n) is 5.49. The van der Waals surface area contributed by atoms with E-state index in [0.717, 1.165) is 38.8 Å². The van der Waals surface area contributed by atoms with Crippen molar-refractivity contribution in [2.24, 2.45) is 11.8 Å². The largest absolute Gasteiger partial charge is 0.342 e. The van der Waals surface area contributed by atoms with Gasteiger partial charge < -0.3 is 9.47 Å². The number of aryl methyl sites for hydroxylation is 1. The quantitative estimate of drug-likeness (QED) is 0.854. The molecule has 0 N–H and O–H groups in total. The summed E-state index contributed by atoms with van der Waals surface area (Å²) >= 11 is 0. The highest BCUT2D eigenvalue weighted by Crippen LogP contribution is 2.38. The smallest absolute Gasteiger partial charge is 0.225 e. The Balaban J connectivity index is 1.39. The maximum atomic E-state index is 12.3. The molecule has 3 aliphatic rings. The zero-order valence-electron chi connectivity index (χ0n) is 12.9. The van der Waals surface area contributed by atoms with Gasteiger partial charge in [-0.25, -0.2) is 4.98 Å². The molecule has 21 heavy (non-hydrogen) atoms. The van der Waals surface area contributed by atoms with E-state index < -0.39 is 0 Å². The predicted octanol–water partition coefficient (Wildman–Crippen LogP) is 2.72. The lowest BCUT2D eigenvalue weighted by atomic mass is 9.84. The average Bonchev–Trinajstić information content (AvgIpc) is 3.01. The summed E-state index contributed by atoms with van der Waals surface area (Å²) in [5.74, 6) is 2.62. The Labute approximate surface area is 126 Å². The van der Waals surface area contributed by atoms with E-state index in [9.17, 15) is 4.79 Å². The second kappa shape index (κ2) is 5.15. The van der Waals surface area contributed by atoms with E-state index >= 15 is 0 Å². The van der Waals surface area contributed by atoms with E-state index in [4.69, 9.17) is 0 Å². The van der Waals surface area contributed by atoms with Crippen LogP contribution in [0.2, 0.25) is 0 Å². The van der Waals surface area contributed by atoms with Crippen LogP contribution in [0.4, 0.5) is 0 Å². The highest BCUT2D eigenvalue weighted by atomic mass is 16.2. The normalized spacial score (nSPS) is 26.1. The van der Waals surface area contributed by atoms with Crippen LogP contribution in [0.15, 0.2) is 6.20 Å². The van der Waals surface area contributed by atoms with E-state index in [1.54, 1.807) is 0 Å². The number of carbonyl (C=O) groups is 1. The zero-order valence-corrected chi connectivity index (χ0v) is 12.9. The van der Waals surface area contributed by atoms with Crippen LogP contribution in [0, 0.1) is 18.8 Å². The first kappa shape index (κ1) is 13.4. The number of hydrogen-bond donors (Lipinski definition) is 0. The monoisotopic (exact) mass is 287 g/mol. The van der Waals surface area contributed by atoms with Crippen LogP contribution in [0.25, 0.3) is 0 Å². The van der Waals surface area contributed by atoms with Gasteiger partial charge in [-0.05, 0) is 44.9 Å². The van der Waals surface area contributed by atoms with Crippen LogP contribution in [-0.4, -0.2) is 33.4 Å². The van der Waals surface area contributed by atoms with Crippen LogP contribution < -0.4 is 0 Å². The van der Waals surface area contributed by atoms with Gasteiger partial charge >= 0.3 is 0 Å². The molecule has 0 radical (unpaired) electrons. The molecule has 3 fully saturated rings. The Morgan fingerprint density at radius 3 is 2.76 bits per heavy atom. The van der Waals surface area contributed by atoms with E-state index in [-0.39, 0.29) is 0 Å². The lowest BCUT2D eigenvalue weighted by molar-refractivity contribution is -0.137. The van der Waals surface area contributed by atoms with E-state index in [2.05, 4.69) is 21.4 Å². The second-order valence-corrected chi connectivity index (χ2v) is 7.19. The van der Waals surface area contributed by atoms with Gasteiger partial charge in [0.2, 0.25) is 5.91 Å². The molecule has 1 amide bonds. The number of rotatable bonds is 4. The number of amides is 1. The average molecular weight is 287 g/mol. The molecule has 1 aromatic rings. The van der Waals surface area contributed by atoms with Crippen molar-refractivity contribution in [3.05, 3.63) is 17.7 Å². The summed E-state index contributed by atoms with van der Waals surface area (Å²) in [6, 6.07) is 0.705. The molecular formula is C17H25N3O. The first-order valence-corrected chi connectivity index (χ1v) is 8.54. The summed E-state index contributed by atoms with van der Waals surface area (Å²) in [6.07, 6.45) is 10.3. The van der Waals surface area contributed by atoms with Crippen molar-refractivity contribution < 1.29 is 4.79 Å². The fourth-order valence-corrected chi connectivity index (χ4v) is 3.85. The molecule has 1 aliphatic heterocycles. The molecule has 2 heterocycles. The summed E-state index contributed by atoms with van der Waals surface area (Å²) in [4.78, 5) is 19.1. The third-order valence-corrected chi connectivity index (χ3v) is 5.49. The standard InChI is InChI=1S/C17H25N3O/c1-12-10-18-16(20(12)15-5-6-15)9-13-7-8-19(11-13)17(21)14-3-2-4-14/h10,13-15H,2-9,11H2,1H3. The summed E-state index contributed by atoms with van der Waals surface area (Å²) in [6.45, 7) is 4.07. The Bertz CT molecular complexity index is 542. The van der Waals surface area contributed by atoms with Gasteiger partial charge in [-0.15, -0.1) is 0 Å². The molecule has 1 unspecified atom stereocenters. The minimum Gasteiger partial charge on any atom is -0.342 e. The summed E-state index contributed by atoms with van der Waals surface area (Å²) in [5, 5.41) is 0. The molecule has 2 saturated carbocycles. The first-order valence-electron chi connectivity index (χ1n) is 8.54. The van der Waals surface area contributed by atoms with Crippen molar-refractivity contribution in [3.63, 3.8) is 0 Å². The lowest BCUT2D eigenvalue weighted by Gasteiger charge is -2.29. The molecule has 0 spiro atoms. The zero-order chi connectivity index (χ0) is 14.4. The fraction of sp³-hybridized carbons (Fsp3) is 0.765. The second-order valence-electron chi connectivity index (χ2n) is 7.19. The Hall–Kier alpha value is -1.32. The van der Waals surface area contributed by atoms with E-state index in [0.29, 0.717) is 23.8 Å². The predicted molar refractivity (Wildman–Crippen MR) is 81.0 cm³/mol. The minimum absolute atomic E-state index is 0.347. The van der Waals surface area contributed by atoms with Crippen LogP contribution in [0.3, 0.4) is 0 Å². The maximum absolute atomic E-state index is 12.3. The fourth-order valence-electron chi connectivity index (χ4n) is 3.85. The molecule has 1 atom stereocenters. The molecule has 0 aromatic carbocycles. The topological polar surface area (TPSA) is 38.1 Å². The van der Waals surface area contributed by atoms with Crippen LogP contribution in [0.5, 0.6) is 0 Å². The van der Waals surface area contributed by atoms with Gasteiger partial charge in [0.1, 0.15) is 5.82 Å². The number of carbonyl (C=O) groups excluding carboxylic acids is 1. The van der Waals surface area contributed by atoms with Gasteiger partial charge in [0.25, 0.3) is 0 Å². The van der Waals surface area contributed by atoms with Crippen molar-refractivity contribution in [2.45, 2.75) is 57.9 Å². The summed E-state index contributed by atoms with van der Waals surface area (Å²) in [7, 11) is 0. The Morgan fingerprint density at radius 1 is 1.29 bits per heavy atom. The third kappa shape index (κ3) is 2.49. The maximum Gasteiger partial charge on any atom is 0.225 e. The number of likely N-dealkylation sites (tertiary alicyclic amines) is 1. The van der Waals surface area contributed by atoms with Crippen LogP contribution in [-0.2, 0) is 11.2 Å². The van der Waals surface area contributed by atoms with Gasteiger partial charge in [-0.3, -0.25) is 4.79 Å². The van der Waals surface area contributed by atoms with Crippen molar-refractivity contribution in [2.75, 3.05) is 13.1 Å². The molecule has 1 aromatic heterocycles. The number of nitrogens with zero attached hydrogens (tertiary/aromatic N) is 3. The molecule has 4 rings (SSSR count). The summed E-state index contributed by atoms with van der Waals surface area (Å²) < 4.78 is 2.44.